The maximum absolute atomic E-state index is 12.7. The fourth-order valence-electron chi connectivity index (χ4n) is 1.74. The topological polar surface area (TPSA) is 22.1 Å². The van der Waals surface area contributed by atoms with Crippen LogP contribution in [0.4, 0.5) is 13.2 Å². The first-order chi connectivity index (χ1) is 9.74. The summed E-state index contributed by atoms with van der Waals surface area (Å²) in [6, 6.07) is 4.90. The number of rotatable bonds is 2. The van der Waals surface area contributed by atoms with E-state index in [0.717, 1.165) is 6.07 Å². The first-order valence-electron chi connectivity index (χ1n) is 5.51. The van der Waals surface area contributed by atoms with Crippen molar-refractivity contribution in [1.82, 2.24) is 4.98 Å². The number of pyridine rings is 1. The molecule has 0 atom stereocenters. The Hall–Kier alpha value is -1.17. The van der Waals surface area contributed by atoms with Gasteiger partial charge in [-0.25, -0.2) is 4.98 Å². The van der Waals surface area contributed by atoms with E-state index in [0.29, 0.717) is 10.6 Å². The molecule has 0 aliphatic rings. The molecule has 0 amide bonds. The lowest BCUT2D eigenvalue weighted by Gasteiger charge is -2.14. The molecule has 0 saturated heterocycles. The van der Waals surface area contributed by atoms with E-state index in [1.54, 1.807) is 0 Å². The van der Waals surface area contributed by atoms with Gasteiger partial charge in [-0.1, -0.05) is 34.8 Å². The van der Waals surface area contributed by atoms with Gasteiger partial charge in [-0.3, -0.25) is 0 Å². The highest BCUT2D eigenvalue weighted by Gasteiger charge is 2.33. The van der Waals surface area contributed by atoms with Crippen LogP contribution in [0.2, 0.25) is 15.1 Å². The Balaban J connectivity index is 2.65. The number of hydrogen-bond acceptors (Lipinski definition) is 2. The van der Waals surface area contributed by atoms with Crippen LogP contribution >= 0.6 is 34.8 Å². The lowest BCUT2D eigenvalue weighted by atomic mass is 10.1. The van der Waals surface area contributed by atoms with Gasteiger partial charge in [-0.15, -0.1) is 0 Å². The quantitative estimate of drug-likeness (QED) is 0.685. The molecule has 0 radical (unpaired) electrons. The highest BCUT2D eigenvalue weighted by molar-refractivity contribution is 6.41. The first kappa shape index (κ1) is 16.2. The fraction of sp³-hybridized carbons (Fsp3) is 0.154. The second-order valence-electron chi connectivity index (χ2n) is 4.00. The molecule has 1 aromatic carbocycles. The van der Waals surface area contributed by atoms with Gasteiger partial charge in [0.25, 0.3) is 0 Å². The van der Waals surface area contributed by atoms with Crippen LogP contribution in [0, 0.1) is 0 Å². The van der Waals surface area contributed by atoms with Crippen molar-refractivity contribution in [1.29, 1.82) is 0 Å². The van der Waals surface area contributed by atoms with Crippen molar-refractivity contribution in [2.24, 2.45) is 0 Å². The van der Waals surface area contributed by atoms with Crippen molar-refractivity contribution in [3.8, 4) is 17.0 Å². The smallest absolute Gasteiger partial charge is 0.433 e. The van der Waals surface area contributed by atoms with E-state index >= 15 is 0 Å². The zero-order valence-electron chi connectivity index (χ0n) is 10.4. The van der Waals surface area contributed by atoms with Crippen LogP contribution in [0.1, 0.15) is 5.69 Å². The van der Waals surface area contributed by atoms with Crippen molar-refractivity contribution >= 4 is 34.8 Å². The molecular weight excluding hydrogens is 350 g/mol. The Morgan fingerprint density at radius 1 is 1.05 bits per heavy atom. The molecule has 112 valence electrons. The van der Waals surface area contributed by atoms with E-state index in [4.69, 9.17) is 39.5 Å². The number of nitrogens with zero attached hydrogens (tertiary/aromatic N) is 1. The van der Waals surface area contributed by atoms with Crippen molar-refractivity contribution < 1.29 is 17.9 Å². The molecule has 0 saturated carbocycles. The Labute approximate surface area is 133 Å². The maximum atomic E-state index is 12.7. The third kappa shape index (κ3) is 3.36. The minimum absolute atomic E-state index is 0.187. The molecule has 0 N–H and O–H groups in total. The van der Waals surface area contributed by atoms with Crippen LogP contribution in [0.5, 0.6) is 5.88 Å². The molecular formula is C13H7Cl3F3NO. The number of ether oxygens (including phenoxy) is 1. The molecule has 1 heterocycles. The van der Waals surface area contributed by atoms with Gasteiger partial charge >= 0.3 is 6.18 Å². The van der Waals surface area contributed by atoms with Gasteiger partial charge in [-0.2, -0.15) is 13.2 Å². The third-order valence-electron chi connectivity index (χ3n) is 2.62. The third-order valence-corrected chi connectivity index (χ3v) is 3.43. The van der Waals surface area contributed by atoms with E-state index in [1.165, 1.54) is 25.3 Å². The monoisotopic (exact) mass is 355 g/mol. The van der Waals surface area contributed by atoms with Gasteiger partial charge in [0, 0.05) is 16.1 Å². The fourth-order valence-corrected chi connectivity index (χ4v) is 2.76. The van der Waals surface area contributed by atoms with Gasteiger partial charge in [-0.05, 0) is 24.3 Å². The minimum atomic E-state index is -4.57. The number of benzene rings is 1. The number of alkyl halides is 3. The summed E-state index contributed by atoms with van der Waals surface area (Å²) < 4.78 is 42.9. The molecule has 2 aromatic rings. The number of hydrogen-bond donors (Lipinski definition) is 0. The van der Waals surface area contributed by atoms with Crippen LogP contribution in [0.3, 0.4) is 0 Å². The molecule has 21 heavy (non-hydrogen) atoms. The second-order valence-corrected chi connectivity index (χ2v) is 5.25. The Morgan fingerprint density at radius 2 is 1.62 bits per heavy atom. The lowest BCUT2D eigenvalue weighted by Crippen LogP contribution is -2.09. The molecule has 0 aliphatic heterocycles. The van der Waals surface area contributed by atoms with Crippen LogP contribution in [0.25, 0.3) is 11.1 Å². The van der Waals surface area contributed by atoms with Crippen molar-refractivity contribution in [2.75, 3.05) is 7.11 Å². The number of methoxy groups -OCH3 is 1. The normalized spacial score (nSPS) is 11.6. The highest BCUT2D eigenvalue weighted by Crippen LogP contribution is 2.42. The van der Waals surface area contributed by atoms with E-state index in [1.807, 2.05) is 0 Å². The largest absolute Gasteiger partial charge is 0.481 e. The number of halogens is 6. The predicted octanol–water partition coefficient (Wildman–Crippen LogP) is 5.74. The van der Waals surface area contributed by atoms with E-state index in [-0.39, 0.29) is 21.5 Å². The van der Waals surface area contributed by atoms with E-state index in [9.17, 15) is 13.2 Å². The van der Waals surface area contributed by atoms with Crippen LogP contribution < -0.4 is 4.74 Å². The Kier molecular flexibility index (Phi) is 4.56. The lowest BCUT2D eigenvalue weighted by molar-refractivity contribution is -0.141. The summed E-state index contributed by atoms with van der Waals surface area (Å²) in [5, 5.41) is 0.687. The standard InChI is InChI=1S/C13H7Cl3F3NO/c1-21-12-7(2-3-10(20-12)13(17,18)19)11-8(15)4-6(14)5-9(11)16/h2-5H,1H3. The van der Waals surface area contributed by atoms with Gasteiger partial charge < -0.3 is 4.74 Å². The van der Waals surface area contributed by atoms with Crippen molar-refractivity contribution in [3.63, 3.8) is 0 Å². The molecule has 0 spiro atoms. The summed E-state index contributed by atoms with van der Waals surface area (Å²) in [7, 11) is 1.21. The van der Waals surface area contributed by atoms with Crippen LogP contribution in [0.15, 0.2) is 24.3 Å². The highest BCUT2D eigenvalue weighted by atomic mass is 35.5. The van der Waals surface area contributed by atoms with Gasteiger partial charge in [0.2, 0.25) is 5.88 Å². The molecule has 8 heteroatoms. The molecule has 0 unspecified atom stereocenters. The molecule has 0 aliphatic carbocycles. The summed E-state index contributed by atoms with van der Waals surface area (Å²) >= 11 is 17.9. The molecule has 2 rings (SSSR count). The summed E-state index contributed by atoms with van der Waals surface area (Å²) in [6.45, 7) is 0. The van der Waals surface area contributed by atoms with Crippen LogP contribution in [-0.4, -0.2) is 12.1 Å². The average molecular weight is 357 g/mol. The molecule has 0 bridgehead atoms. The van der Waals surface area contributed by atoms with Crippen molar-refractivity contribution in [2.45, 2.75) is 6.18 Å². The zero-order chi connectivity index (χ0) is 15.8. The summed E-state index contributed by atoms with van der Waals surface area (Å²) in [5.74, 6) is -0.226. The van der Waals surface area contributed by atoms with Crippen molar-refractivity contribution in [3.05, 3.63) is 45.0 Å². The van der Waals surface area contributed by atoms with Gasteiger partial charge in [0.15, 0.2) is 0 Å². The van der Waals surface area contributed by atoms with Gasteiger partial charge in [0.05, 0.1) is 17.2 Å². The minimum Gasteiger partial charge on any atom is -0.481 e. The van der Waals surface area contributed by atoms with Gasteiger partial charge in [0.1, 0.15) is 5.69 Å². The summed E-state index contributed by atoms with van der Waals surface area (Å²) in [5.41, 5.74) is -0.512. The maximum Gasteiger partial charge on any atom is 0.433 e. The first-order valence-corrected chi connectivity index (χ1v) is 6.64. The molecule has 2 nitrogen and oxygen atoms in total. The SMILES string of the molecule is COc1nc(C(F)(F)F)ccc1-c1c(Cl)cc(Cl)cc1Cl. The average Bonchev–Trinajstić information content (AvgIpc) is 2.36. The predicted molar refractivity (Wildman–Crippen MR) is 76.3 cm³/mol. The summed E-state index contributed by atoms with van der Waals surface area (Å²) in [4.78, 5) is 3.45. The Bertz CT molecular complexity index is 666. The molecule has 0 fully saturated rings. The zero-order valence-corrected chi connectivity index (χ0v) is 12.7. The van der Waals surface area contributed by atoms with E-state index < -0.39 is 11.9 Å². The second kappa shape index (κ2) is 5.91. The molecule has 1 aromatic heterocycles. The Morgan fingerprint density at radius 3 is 2.10 bits per heavy atom. The van der Waals surface area contributed by atoms with Crippen LogP contribution in [-0.2, 0) is 6.18 Å². The summed E-state index contributed by atoms with van der Waals surface area (Å²) in [6.07, 6.45) is -4.57. The van der Waals surface area contributed by atoms with E-state index in [2.05, 4.69) is 4.98 Å². The number of aromatic nitrogens is 1.